The van der Waals surface area contributed by atoms with Crippen molar-refractivity contribution < 1.29 is 0 Å². The van der Waals surface area contributed by atoms with E-state index < -0.39 is 22.5 Å². The van der Waals surface area contributed by atoms with Crippen LogP contribution in [0.15, 0.2) is 151 Å². The lowest BCUT2D eigenvalue weighted by atomic mass is 9.63. The Hall–Kier alpha value is -7.11. The van der Waals surface area contributed by atoms with Crippen molar-refractivity contribution in [3.63, 3.8) is 0 Å². The Labute approximate surface area is 344 Å². The molecule has 7 rings (SSSR count). The van der Waals surface area contributed by atoms with Crippen LogP contribution in [0.4, 0.5) is 0 Å². The van der Waals surface area contributed by atoms with Gasteiger partial charge in [-0.25, -0.2) is 0 Å². The number of nitriles is 4. The van der Waals surface area contributed by atoms with Gasteiger partial charge in [-0.2, -0.15) is 21.0 Å². The van der Waals surface area contributed by atoms with Crippen LogP contribution in [-0.2, 0) is 5.31 Å². The Balaban J connectivity index is 1.81. The van der Waals surface area contributed by atoms with Gasteiger partial charge in [0.05, 0.1) is 62.6 Å². The summed E-state index contributed by atoms with van der Waals surface area (Å²) in [6.07, 6.45) is 6.10. The Kier molecular flexibility index (Phi) is 10.7. The number of allylic oxidation sites excluding steroid dienone is 4. The van der Waals surface area contributed by atoms with Gasteiger partial charge in [-0.15, -0.1) is 0 Å². The first-order valence-electron chi connectivity index (χ1n) is 19.2. The highest BCUT2D eigenvalue weighted by Crippen LogP contribution is 2.57. The van der Waals surface area contributed by atoms with Crippen LogP contribution in [0.25, 0.3) is 55.6 Å². The van der Waals surface area contributed by atoms with Gasteiger partial charge in [-0.05, 0) is 102 Å². The topological polar surface area (TPSA) is 95.2 Å². The van der Waals surface area contributed by atoms with E-state index >= 15 is 0 Å². The molecule has 6 aromatic carbocycles. The van der Waals surface area contributed by atoms with Crippen molar-refractivity contribution in [2.45, 2.75) is 44.2 Å². The van der Waals surface area contributed by atoms with Gasteiger partial charge in [-0.1, -0.05) is 149 Å². The zero-order valence-corrected chi connectivity index (χ0v) is 33.0. The van der Waals surface area contributed by atoms with Crippen molar-refractivity contribution in [2.75, 3.05) is 0 Å². The maximum Gasteiger partial charge on any atom is 0.0998 e. The summed E-state index contributed by atoms with van der Waals surface area (Å²) in [5.41, 5.74) is 12.5. The molecule has 0 aromatic heterocycles. The van der Waals surface area contributed by atoms with Crippen molar-refractivity contribution in [3.05, 3.63) is 179 Å². The monoisotopic (exact) mass is 740 g/mol. The van der Waals surface area contributed by atoms with Crippen molar-refractivity contribution in [1.82, 2.24) is 0 Å². The molecule has 0 aliphatic heterocycles. The number of hydrogen-bond donors (Lipinski definition) is 0. The number of rotatable bonds is 8. The third-order valence-corrected chi connectivity index (χ3v) is 10.9. The van der Waals surface area contributed by atoms with Crippen LogP contribution in [-0.4, -0.2) is 15.7 Å². The van der Waals surface area contributed by atoms with Crippen molar-refractivity contribution in [2.24, 2.45) is 5.92 Å². The van der Waals surface area contributed by atoms with Crippen LogP contribution in [0.1, 0.15) is 61.4 Å². The SMILES string of the molecule is [B]C(C)(C)C1=CC(C#N)C(c2c(-c3ccccc3)c(-c3ccc(C#N)cc3)c(-c3ccc(C#N)cc3)c(-c3ccccc3)c2-c2ccc(C([B])(C)C)cc2C#N)C=C1. The minimum atomic E-state index is -0.717. The summed E-state index contributed by atoms with van der Waals surface area (Å²) in [6.45, 7) is 7.70. The fourth-order valence-corrected chi connectivity index (χ4v) is 7.94. The van der Waals surface area contributed by atoms with Gasteiger partial charge in [0.1, 0.15) is 0 Å². The second kappa shape index (κ2) is 15.8. The van der Waals surface area contributed by atoms with Gasteiger partial charge in [0.15, 0.2) is 0 Å². The third kappa shape index (κ3) is 7.42. The lowest BCUT2D eigenvalue weighted by Crippen LogP contribution is -2.19. The fourth-order valence-electron chi connectivity index (χ4n) is 7.94. The van der Waals surface area contributed by atoms with Gasteiger partial charge in [0.2, 0.25) is 0 Å². The summed E-state index contributed by atoms with van der Waals surface area (Å²) < 4.78 is 0. The van der Waals surface area contributed by atoms with Gasteiger partial charge in [0.25, 0.3) is 0 Å². The van der Waals surface area contributed by atoms with E-state index in [1.165, 1.54) is 0 Å². The highest BCUT2D eigenvalue weighted by molar-refractivity contribution is 6.17. The lowest BCUT2D eigenvalue weighted by molar-refractivity contribution is 0.684. The largest absolute Gasteiger partial charge is 0.198 e. The van der Waals surface area contributed by atoms with Crippen molar-refractivity contribution in [1.29, 1.82) is 21.0 Å². The Morgan fingerprint density at radius 3 is 1.47 bits per heavy atom. The highest BCUT2D eigenvalue weighted by Gasteiger charge is 2.36. The van der Waals surface area contributed by atoms with Gasteiger partial charge < -0.3 is 0 Å². The summed E-state index contributed by atoms with van der Waals surface area (Å²) in [5.74, 6) is -1.12. The second-order valence-corrected chi connectivity index (χ2v) is 15.9. The average molecular weight is 741 g/mol. The molecule has 0 bridgehead atoms. The second-order valence-electron chi connectivity index (χ2n) is 15.9. The Morgan fingerprint density at radius 2 is 1.00 bits per heavy atom. The quantitative estimate of drug-likeness (QED) is 0.145. The minimum absolute atomic E-state index is 0.443. The molecule has 58 heavy (non-hydrogen) atoms. The molecule has 0 N–H and O–H groups in total. The van der Waals surface area contributed by atoms with E-state index in [2.05, 4.69) is 54.6 Å². The molecule has 1 aliphatic rings. The van der Waals surface area contributed by atoms with Crippen LogP contribution in [0.5, 0.6) is 0 Å². The highest BCUT2D eigenvalue weighted by atomic mass is 14.4. The average Bonchev–Trinajstić information content (AvgIpc) is 3.25. The summed E-state index contributed by atoms with van der Waals surface area (Å²) in [7, 11) is 13.3. The zero-order valence-electron chi connectivity index (χ0n) is 33.0. The van der Waals surface area contributed by atoms with Crippen LogP contribution >= 0.6 is 0 Å². The van der Waals surface area contributed by atoms with E-state index in [0.717, 1.165) is 66.8 Å². The van der Waals surface area contributed by atoms with E-state index in [-0.39, 0.29) is 0 Å². The molecule has 0 heterocycles. The van der Waals surface area contributed by atoms with Crippen LogP contribution in [0.3, 0.4) is 0 Å². The predicted molar refractivity (Wildman–Crippen MR) is 235 cm³/mol. The van der Waals surface area contributed by atoms with E-state index in [4.69, 9.17) is 15.7 Å². The van der Waals surface area contributed by atoms with E-state index in [0.29, 0.717) is 22.3 Å². The predicted octanol–water partition coefficient (Wildman–Crippen LogP) is 12.1. The Morgan fingerprint density at radius 1 is 0.517 bits per heavy atom. The molecule has 4 radical (unpaired) electrons. The molecule has 2 atom stereocenters. The molecular weight excluding hydrogens is 702 g/mol. The molecule has 0 spiro atoms. The van der Waals surface area contributed by atoms with Gasteiger partial charge in [0, 0.05) is 11.5 Å². The minimum Gasteiger partial charge on any atom is -0.198 e. The van der Waals surface area contributed by atoms with Gasteiger partial charge >= 0.3 is 0 Å². The molecule has 2 unspecified atom stereocenters. The van der Waals surface area contributed by atoms with Gasteiger partial charge in [-0.3, -0.25) is 0 Å². The van der Waals surface area contributed by atoms with Crippen molar-refractivity contribution in [3.8, 4) is 79.9 Å². The summed E-state index contributed by atoms with van der Waals surface area (Å²) in [4.78, 5) is 0. The maximum absolute atomic E-state index is 11.1. The number of hydrogen-bond acceptors (Lipinski definition) is 4. The molecule has 6 aromatic rings. The van der Waals surface area contributed by atoms with Crippen LogP contribution in [0, 0.1) is 51.2 Å². The molecule has 0 saturated carbocycles. The van der Waals surface area contributed by atoms with Crippen LogP contribution < -0.4 is 0 Å². The zero-order chi connectivity index (χ0) is 41.2. The first-order chi connectivity index (χ1) is 27.9. The van der Waals surface area contributed by atoms with E-state index in [1.54, 1.807) is 0 Å². The van der Waals surface area contributed by atoms with E-state index in [9.17, 15) is 21.0 Å². The normalized spacial score (nSPS) is 15.0. The number of nitrogens with zero attached hydrogens (tertiary/aromatic N) is 4. The molecule has 0 fully saturated rings. The molecule has 1 aliphatic carbocycles. The molecule has 6 heteroatoms. The van der Waals surface area contributed by atoms with Crippen molar-refractivity contribution >= 4 is 15.7 Å². The molecule has 272 valence electrons. The first kappa shape index (κ1) is 39.1. The number of benzene rings is 6. The molecule has 0 amide bonds. The molecule has 4 nitrogen and oxygen atoms in total. The first-order valence-corrected chi connectivity index (χ1v) is 19.2. The molecular formula is C52H38B2N4. The standard InChI is InChI=1S/C52H38B2N4/c1-51(2,53)41-23-25-43(39(27-41)31-57)49-47(35-11-7-5-8-12-35)45(37-19-15-33(29-55)16-20-37)46(38-21-17-34(30-56)18-22-38)48(36-13-9-6-10-14-36)50(49)44-26-24-42(52(3,4)54)28-40(44)32-58/h5-28,39,43H,1-4H3. The fraction of sp³-hybridized carbons (Fsp3) is 0.154. The Bertz CT molecular complexity index is 2760. The third-order valence-electron chi connectivity index (χ3n) is 10.9. The summed E-state index contributed by atoms with van der Waals surface area (Å²) >= 11 is 0. The molecule has 0 saturated heterocycles. The summed E-state index contributed by atoms with van der Waals surface area (Å²) in [6, 6.07) is 50.9. The lowest BCUT2D eigenvalue weighted by Gasteiger charge is -2.34. The maximum atomic E-state index is 11.1. The summed E-state index contributed by atoms with van der Waals surface area (Å²) in [5, 5.41) is 40.4. The smallest absolute Gasteiger partial charge is 0.0998 e. The van der Waals surface area contributed by atoms with E-state index in [1.807, 2.05) is 143 Å². The van der Waals surface area contributed by atoms with Crippen LogP contribution in [0.2, 0.25) is 5.31 Å².